The largest absolute Gasteiger partial charge is 0.454 e. The molecule has 2 unspecified atom stereocenters. The van der Waals surface area contributed by atoms with Crippen molar-refractivity contribution in [2.75, 3.05) is 0 Å². The van der Waals surface area contributed by atoms with Crippen LogP contribution in [0.2, 0.25) is 5.02 Å². The first-order valence-electron chi connectivity index (χ1n) is 9.54. The molecule has 0 radical (unpaired) electrons. The SMILES string of the molecule is Cc1cc(C(O)(C(C)c2ccc(Oc3ccc(C#N)cc3F)cc2Cl)C(F)(F)F)c[nH]c1=O. The van der Waals surface area contributed by atoms with Gasteiger partial charge in [0.1, 0.15) is 5.75 Å². The van der Waals surface area contributed by atoms with Crippen molar-refractivity contribution in [3.63, 3.8) is 0 Å². The van der Waals surface area contributed by atoms with E-state index in [9.17, 15) is 27.5 Å². The van der Waals surface area contributed by atoms with Gasteiger partial charge in [0.2, 0.25) is 0 Å². The number of aliphatic hydroxyl groups is 1. The molecular formula is C23H17ClF4N2O3. The van der Waals surface area contributed by atoms with E-state index in [4.69, 9.17) is 21.6 Å². The Morgan fingerprint density at radius 2 is 1.88 bits per heavy atom. The van der Waals surface area contributed by atoms with Crippen molar-refractivity contribution in [3.05, 3.63) is 92.1 Å². The van der Waals surface area contributed by atoms with Gasteiger partial charge in [-0.15, -0.1) is 0 Å². The molecular weight excluding hydrogens is 464 g/mol. The first-order chi connectivity index (χ1) is 15.4. The molecule has 0 amide bonds. The molecule has 3 aromatic rings. The summed E-state index contributed by atoms with van der Waals surface area (Å²) in [5, 5.41) is 19.5. The molecule has 2 atom stereocenters. The van der Waals surface area contributed by atoms with Gasteiger partial charge >= 0.3 is 6.18 Å². The Kier molecular flexibility index (Phi) is 6.54. The minimum Gasteiger partial charge on any atom is -0.454 e. The highest BCUT2D eigenvalue weighted by Gasteiger charge is 2.59. The molecule has 0 spiro atoms. The molecule has 0 saturated heterocycles. The summed E-state index contributed by atoms with van der Waals surface area (Å²) in [6, 6.07) is 10.0. The molecule has 0 aliphatic rings. The van der Waals surface area contributed by atoms with E-state index < -0.39 is 34.6 Å². The molecule has 172 valence electrons. The Balaban J connectivity index is 2.00. The summed E-state index contributed by atoms with van der Waals surface area (Å²) in [7, 11) is 0. The van der Waals surface area contributed by atoms with Crippen LogP contribution in [-0.2, 0) is 5.60 Å². The third kappa shape index (κ3) is 4.58. The normalized spacial score (nSPS) is 14.3. The topological polar surface area (TPSA) is 86.1 Å². The van der Waals surface area contributed by atoms with Crippen LogP contribution in [0.4, 0.5) is 17.6 Å². The lowest BCUT2D eigenvalue weighted by Gasteiger charge is -2.37. The summed E-state index contributed by atoms with van der Waals surface area (Å²) in [5.74, 6) is -2.56. The van der Waals surface area contributed by atoms with E-state index in [-0.39, 0.29) is 33.2 Å². The number of ether oxygens (including phenoxy) is 1. The predicted octanol–water partition coefficient (Wildman–Crippen LogP) is 5.69. The zero-order valence-corrected chi connectivity index (χ0v) is 18.1. The number of rotatable bonds is 5. The van der Waals surface area contributed by atoms with E-state index in [1.807, 2.05) is 0 Å². The highest BCUT2D eigenvalue weighted by molar-refractivity contribution is 6.31. The van der Waals surface area contributed by atoms with Gasteiger partial charge in [-0.3, -0.25) is 4.79 Å². The summed E-state index contributed by atoms with van der Waals surface area (Å²) in [6.45, 7) is 2.47. The first-order valence-corrected chi connectivity index (χ1v) is 9.92. The van der Waals surface area contributed by atoms with Gasteiger partial charge in [0, 0.05) is 28.3 Å². The molecule has 0 aliphatic carbocycles. The van der Waals surface area contributed by atoms with Crippen LogP contribution in [0.1, 0.15) is 35.1 Å². The van der Waals surface area contributed by atoms with Crippen molar-refractivity contribution in [2.24, 2.45) is 0 Å². The molecule has 1 aromatic heterocycles. The number of alkyl halides is 3. The average Bonchev–Trinajstić information content (AvgIpc) is 2.75. The fraction of sp³-hybridized carbons (Fsp3) is 0.217. The molecule has 1 heterocycles. The number of nitriles is 1. The average molecular weight is 481 g/mol. The second kappa shape index (κ2) is 8.89. The van der Waals surface area contributed by atoms with Crippen molar-refractivity contribution in [3.8, 4) is 17.6 Å². The molecule has 0 bridgehead atoms. The third-order valence-electron chi connectivity index (χ3n) is 5.32. The van der Waals surface area contributed by atoms with Crippen molar-refractivity contribution in [1.82, 2.24) is 4.98 Å². The van der Waals surface area contributed by atoms with Crippen LogP contribution < -0.4 is 10.3 Å². The third-order valence-corrected chi connectivity index (χ3v) is 5.64. The first kappa shape index (κ1) is 24.3. The molecule has 0 aliphatic heterocycles. The number of nitrogens with one attached hydrogen (secondary N) is 1. The fourth-order valence-corrected chi connectivity index (χ4v) is 3.74. The maximum absolute atomic E-state index is 14.1. The van der Waals surface area contributed by atoms with Crippen molar-refractivity contribution in [1.29, 1.82) is 5.26 Å². The summed E-state index contributed by atoms with van der Waals surface area (Å²) >= 11 is 6.22. The van der Waals surface area contributed by atoms with Gasteiger partial charge in [-0.1, -0.05) is 24.6 Å². The standard InChI is InChI=1S/C23H17ClF4N2O3/c1-12-7-15(11-30-21(12)31)22(32,23(26,27)28)13(2)17-5-4-16(9-18(17)24)33-20-6-3-14(10-29)8-19(20)25/h3-9,11,13,32H,1-2H3,(H,30,31). The highest BCUT2D eigenvalue weighted by atomic mass is 35.5. The summed E-state index contributed by atoms with van der Waals surface area (Å²) in [5.41, 5.74) is -4.45. The monoisotopic (exact) mass is 480 g/mol. The number of benzene rings is 2. The molecule has 5 nitrogen and oxygen atoms in total. The second-order valence-corrected chi connectivity index (χ2v) is 7.84. The van der Waals surface area contributed by atoms with Gasteiger partial charge in [-0.25, -0.2) is 4.39 Å². The maximum Gasteiger partial charge on any atom is 0.422 e. The zero-order chi connectivity index (χ0) is 24.6. The van der Waals surface area contributed by atoms with E-state index in [0.717, 1.165) is 25.3 Å². The Hall–Kier alpha value is -3.35. The number of aromatic nitrogens is 1. The van der Waals surface area contributed by atoms with E-state index >= 15 is 0 Å². The molecule has 2 N–H and O–H groups in total. The lowest BCUT2D eigenvalue weighted by Crippen LogP contribution is -2.47. The smallest absolute Gasteiger partial charge is 0.422 e. The van der Waals surface area contributed by atoms with Crippen molar-refractivity contribution in [2.45, 2.75) is 31.5 Å². The number of pyridine rings is 1. The molecule has 3 rings (SSSR count). The number of aryl methyl sites for hydroxylation is 1. The van der Waals surface area contributed by atoms with E-state index in [1.54, 1.807) is 6.07 Å². The Morgan fingerprint density at radius 1 is 1.18 bits per heavy atom. The maximum atomic E-state index is 14.1. The van der Waals surface area contributed by atoms with E-state index in [0.29, 0.717) is 0 Å². The number of H-pyrrole nitrogens is 1. The van der Waals surface area contributed by atoms with Crippen LogP contribution in [0.5, 0.6) is 11.5 Å². The molecule has 0 saturated carbocycles. The number of hydrogen-bond acceptors (Lipinski definition) is 4. The minimum atomic E-state index is -5.11. The predicted molar refractivity (Wildman–Crippen MR) is 113 cm³/mol. The molecule has 10 heteroatoms. The van der Waals surface area contributed by atoms with Gasteiger partial charge in [0.15, 0.2) is 17.2 Å². The van der Waals surface area contributed by atoms with Gasteiger partial charge in [0.05, 0.1) is 11.6 Å². The van der Waals surface area contributed by atoms with Crippen LogP contribution in [0.15, 0.2) is 53.5 Å². The van der Waals surface area contributed by atoms with Gasteiger partial charge in [-0.2, -0.15) is 18.4 Å². The van der Waals surface area contributed by atoms with Crippen LogP contribution in [0.3, 0.4) is 0 Å². The van der Waals surface area contributed by atoms with E-state index in [1.165, 1.54) is 37.3 Å². The Labute approximate surface area is 190 Å². The van der Waals surface area contributed by atoms with Crippen LogP contribution in [-0.4, -0.2) is 16.3 Å². The Bertz CT molecular complexity index is 1300. The second-order valence-electron chi connectivity index (χ2n) is 7.43. The number of aromatic amines is 1. The number of hydrogen-bond donors (Lipinski definition) is 2. The van der Waals surface area contributed by atoms with Gasteiger partial charge < -0.3 is 14.8 Å². The van der Waals surface area contributed by atoms with E-state index in [2.05, 4.69) is 4.98 Å². The number of halogens is 5. The lowest BCUT2D eigenvalue weighted by molar-refractivity contribution is -0.274. The summed E-state index contributed by atoms with van der Waals surface area (Å²) < 4.78 is 61.7. The van der Waals surface area contributed by atoms with Crippen molar-refractivity contribution >= 4 is 11.6 Å². The van der Waals surface area contributed by atoms with Gasteiger partial charge in [-0.05, 0) is 48.9 Å². The Morgan fingerprint density at radius 3 is 2.42 bits per heavy atom. The quantitative estimate of drug-likeness (QED) is 0.459. The van der Waals surface area contributed by atoms with Crippen molar-refractivity contribution < 1.29 is 27.4 Å². The van der Waals surface area contributed by atoms with Crippen LogP contribution in [0.25, 0.3) is 0 Å². The fourth-order valence-electron chi connectivity index (χ4n) is 3.40. The lowest BCUT2D eigenvalue weighted by atomic mass is 9.78. The summed E-state index contributed by atoms with van der Waals surface area (Å²) in [4.78, 5) is 13.8. The zero-order valence-electron chi connectivity index (χ0n) is 17.3. The van der Waals surface area contributed by atoms with Crippen LogP contribution >= 0.6 is 11.6 Å². The number of nitrogens with zero attached hydrogens (tertiary/aromatic N) is 1. The highest BCUT2D eigenvalue weighted by Crippen LogP contribution is 2.50. The molecule has 2 aromatic carbocycles. The van der Waals surface area contributed by atoms with Gasteiger partial charge in [0.25, 0.3) is 5.56 Å². The molecule has 33 heavy (non-hydrogen) atoms. The van der Waals surface area contributed by atoms with Crippen LogP contribution in [0, 0.1) is 24.1 Å². The summed E-state index contributed by atoms with van der Waals surface area (Å²) in [6.07, 6.45) is -4.29. The molecule has 0 fully saturated rings. The minimum absolute atomic E-state index is 0.00154.